The van der Waals surface area contributed by atoms with E-state index >= 15 is 0 Å². The van der Waals surface area contributed by atoms with E-state index < -0.39 is 5.97 Å². The van der Waals surface area contributed by atoms with Gasteiger partial charge in [0.05, 0.1) is 12.2 Å². The largest absolute Gasteiger partial charge is 0.478 e. The Bertz CT molecular complexity index is 325. The maximum Gasteiger partial charge on any atom is 0.336 e. The van der Waals surface area contributed by atoms with E-state index in [1.165, 1.54) is 11.8 Å². The molecule has 0 unspecified atom stereocenters. The van der Waals surface area contributed by atoms with Crippen LogP contribution in [0.5, 0.6) is 0 Å². The van der Waals surface area contributed by atoms with E-state index in [9.17, 15) is 4.79 Å². The number of carboxylic acid groups (broad SMARTS) is 1. The van der Waals surface area contributed by atoms with Crippen LogP contribution in [0.15, 0.2) is 29.2 Å². The topological polar surface area (TPSA) is 46.5 Å². The molecule has 0 saturated carbocycles. The highest BCUT2D eigenvalue weighted by atomic mass is 32.2. The smallest absolute Gasteiger partial charge is 0.336 e. The molecule has 0 heterocycles. The van der Waals surface area contributed by atoms with Crippen LogP contribution in [0.25, 0.3) is 0 Å². The van der Waals surface area contributed by atoms with Gasteiger partial charge in [-0.25, -0.2) is 4.79 Å². The van der Waals surface area contributed by atoms with Crippen molar-refractivity contribution in [2.24, 2.45) is 0 Å². The van der Waals surface area contributed by atoms with Gasteiger partial charge in [-0.2, -0.15) is 0 Å². The molecule has 3 nitrogen and oxygen atoms in total. The highest BCUT2D eigenvalue weighted by Gasteiger charge is 2.08. The molecule has 0 aromatic heterocycles. The Balaban J connectivity index is 2.56. The lowest BCUT2D eigenvalue weighted by molar-refractivity contribution is 0.0693. The minimum atomic E-state index is -0.880. The molecular weight excluding hydrogens is 212 g/mol. The molecule has 0 aliphatic rings. The number of hydrogen-bond acceptors (Lipinski definition) is 3. The number of ether oxygens (including phenoxy) is 1. The van der Waals surface area contributed by atoms with Crippen LogP contribution in [0, 0.1) is 0 Å². The lowest BCUT2D eigenvalue weighted by atomic mass is 10.2. The Kier molecular flexibility index (Phi) is 5.21. The average molecular weight is 226 g/mol. The van der Waals surface area contributed by atoms with Crippen LogP contribution < -0.4 is 0 Å². The molecule has 0 aliphatic heterocycles. The zero-order valence-electron chi connectivity index (χ0n) is 8.60. The molecule has 1 rings (SSSR count). The Morgan fingerprint density at radius 1 is 1.47 bits per heavy atom. The summed E-state index contributed by atoms with van der Waals surface area (Å²) in [6.45, 7) is 3.28. The molecule has 0 saturated heterocycles. The van der Waals surface area contributed by atoms with Crippen LogP contribution >= 0.6 is 11.8 Å². The monoisotopic (exact) mass is 226 g/mol. The van der Waals surface area contributed by atoms with Crippen LogP contribution in [-0.2, 0) is 4.74 Å². The van der Waals surface area contributed by atoms with Gasteiger partial charge in [0.25, 0.3) is 0 Å². The number of thioether (sulfide) groups is 1. The third kappa shape index (κ3) is 3.93. The maximum atomic E-state index is 10.9. The quantitative estimate of drug-likeness (QED) is 0.598. The molecule has 15 heavy (non-hydrogen) atoms. The first-order chi connectivity index (χ1) is 7.25. The van der Waals surface area contributed by atoms with Crippen molar-refractivity contribution in [1.82, 2.24) is 0 Å². The first-order valence-corrected chi connectivity index (χ1v) is 5.77. The van der Waals surface area contributed by atoms with Crippen LogP contribution in [0.2, 0.25) is 0 Å². The number of carbonyl (C=O) groups is 1. The molecule has 0 atom stereocenters. The average Bonchev–Trinajstić information content (AvgIpc) is 2.25. The lowest BCUT2D eigenvalue weighted by Gasteiger charge is -2.05. The molecule has 0 fully saturated rings. The van der Waals surface area contributed by atoms with E-state index in [2.05, 4.69) is 0 Å². The van der Waals surface area contributed by atoms with Crippen molar-refractivity contribution in [3.8, 4) is 0 Å². The van der Waals surface area contributed by atoms with Gasteiger partial charge in [0.2, 0.25) is 0 Å². The molecule has 1 N–H and O–H groups in total. The second kappa shape index (κ2) is 6.48. The van der Waals surface area contributed by atoms with Gasteiger partial charge in [-0.1, -0.05) is 12.1 Å². The van der Waals surface area contributed by atoms with Crippen molar-refractivity contribution in [2.45, 2.75) is 11.8 Å². The summed E-state index contributed by atoms with van der Waals surface area (Å²) in [5.74, 6) is -0.104. The Morgan fingerprint density at radius 3 is 2.87 bits per heavy atom. The van der Waals surface area contributed by atoms with E-state index in [0.717, 1.165) is 10.6 Å². The highest BCUT2D eigenvalue weighted by Crippen LogP contribution is 2.22. The summed E-state index contributed by atoms with van der Waals surface area (Å²) in [4.78, 5) is 11.7. The summed E-state index contributed by atoms with van der Waals surface area (Å²) in [5, 5.41) is 8.92. The molecule has 0 spiro atoms. The van der Waals surface area contributed by atoms with Crippen molar-refractivity contribution >= 4 is 17.7 Å². The van der Waals surface area contributed by atoms with Crippen molar-refractivity contribution in [2.75, 3.05) is 19.0 Å². The lowest BCUT2D eigenvalue weighted by Crippen LogP contribution is -2.00. The van der Waals surface area contributed by atoms with Crippen LogP contribution in [0.3, 0.4) is 0 Å². The fourth-order valence-corrected chi connectivity index (χ4v) is 2.03. The Hall–Kier alpha value is -1.00. The molecule has 0 bridgehead atoms. The zero-order chi connectivity index (χ0) is 11.1. The van der Waals surface area contributed by atoms with E-state index in [1.807, 2.05) is 19.1 Å². The molecule has 0 aliphatic carbocycles. The van der Waals surface area contributed by atoms with Gasteiger partial charge < -0.3 is 9.84 Å². The number of hydrogen-bond donors (Lipinski definition) is 1. The van der Waals surface area contributed by atoms with E-state index in [-0.39, 0.29) is 0 Å². The van der Waals surface area contributed by atoms with Gasteiger partial charge in [0, 0.05) is 17.3 Å². The number of benzene rings is 1. The van der Waals surface area contributed by atoms with Crippen molar-refractivity contribution in [3.63, 3.8) is 0 Å². The summed E-state index contributed by atoms with van der Waals surface area (Å²) in [7, 11) is 0. The van der Waals surface area contributed by atoms with Gasteiger partial charge in [0.1, 0.15) is 0 Å². The van der Waals surface area contributed by atoms with Gasteiger partial charge in [-0.15, -0.1) is 11.8 Å². The SMILES string of the molecule is CCOCCSc1ccccc1C(=O)O. The molecule has 1 aromatic carbocycles. The van der Waals surface area contributed by atoms with Crippen LogP contribution in [-0.4, -0.2) is 30.0 Å². The fourth-order valence-electron chi connectivity index (χ4n) is 1.12. The third-order valence-electron chi connectivity index (χ3n) is 1.81. The molecule has 82 valence electrons. The second-order valence-electron chi connectivity index (χ2n) is 2.85. The maximum absolute atomic E-state index is 10.9. The minimum absolute atomic E-state index is 0.360. The van der Waals surface area contributed by atoms with Gasteiger partial charge >= 0.3 is 5.97 Å². The second-order valence-corrected chi connectivity index (χ2v) is 3.98. The zero-order valence-corrected chi connectivity index (χ0v) is 9.42. The van der Waals surface area contributed by atoms with E-state index in [4.69, 9.17) is 9.84 Å². The number of aromatic carboxylic acids is 1. The minimum Gasteiger partial charge on any atom is -0.478 e. The number of carboxylic acids is 1. The summed E-state index contributed by atoms with van der Waals surface area (Å²) in [6, 6.07) is 7.01. The van der Waals surface area contributed by atoms with Crippen LogP contribution in [0.1, 0.15) is 17.3 Å². The summed E-state index contributed by atoms with van der Waals surface area (Å²) < 4.78 is 5.19. The van der Waals surface area contributed by atoms with E-state index in [0.29, 0.717) is 18.8 Å². The predicted octanol–water partition coefficient (Wildman–Crippen LogP) is 2.51. The first-order valence-electron chi connectivity index (χ1n) is 4.78. The third-order valence-corrected chi connectivity index (χ3v) is 2.84. The van der Waals surface area contributed by atoms with Crippen molar-refractivity contribution in [3.05, 3.63) is 29.8 Å². The summed E-state index contributed by atoms with van der Waals surface area (Å²) >= 11 is 1.51. The van der Waals surface area contributed by atoms with Crippen molar-refractivity contribution in [1.29, 1.82) is 0 Å². The van der Waals surface area contributed by atoms with Gasteiger partial charge in [-0.05, 0) is 19.1 Å². The first kappa shape index (κ1) is 12.1. The standard InChI is InChI=1S/C11H14O3S/c1-2-14-7-8-15-10-6-4-3-5-9(10)11(12)13/h3-6H,2,7-8H2,1H3,(H,12,13). The summed E-state index contributed by atoms with van der Waals surface area (Å²) in [6.07, 6.45) is 0. The molecule has 0 radical (unpaired) electrons. The van der Waals surface area contributed by atoms with Crippen molar-refractivity contribution < 1.29 is 14.6 Å². The molecule has 4 heteroatoms. The van der Waals surface area contributed by atoms with E-state index in [1.54, 1.807) is 12.1 Å². The normalized spacial score (nSPS) is 10.2. The Labute approximate surface area is 93.4 Å². The highest BCUT2D eigenvalue weighted by molar-refractivity contribution is 7.99. The Morgan fingerprint density at radius 2 is 2.20 bits per heavy atom. The molecular formula is C11H14O3S. The van der Waals surface area contributed by atoms with Gasteiger partial charge in [0.15, 0.2) is 0 Å². The van der Waals surface area contributed by atoms with Crippen LogP contribution in [0.4, 0.5) is 0 Å². The predicted molar refractivity (Wildman–Crippen MR) is 60.6 cm³/mol. The summed E-state index contributed by atoms with van der Waals surface area (Å²) in [5.41, 5.74) is 0.360. The fraction of sp³-hybridized carbons (Fsp3) is 0.364. The molecule has 1 aromatic rings. The number of rotatable bonds is 6. The molecule has 0 amide bonds. The van der Waals surface area contributed by atoms with Gasteiger partial charge in [-0.3, -0.25) is 0 Å².